The number of fused-ring (bicyclic) bond motifs is 1. The van der Waals surface area contributed by atoms with E-state index in [1.54, 1.807) is 30.3 Å². The Morgan fingerprint density at radius 2 is 2.14 bits per heavy atom. The van der Waals surface area contributed by atoms with E-state index in [9.17, 15) is 14.0 Å². The van der Waals surface area contributed by atoms with Gasteiger partial charge in [0.2, 0.25) is 11.9 Å². The first kappa shape index (κ1) is 18.6. The molecule has 2 aromatic carbocycles. The van der Waals surface area contributed by atoms with E-state index in [4.69, 9.17) is 0 Å². The Hall–Kier alpha value is -3.75. The summed E-state index contributed by atoms with van der Waals surface area (Å²) in [4.78, 5) is 30.6. The first-order valence-electron chi connectivity index (χ1n) is 9.10. The van der Waals surface area contributed by atoms with E-state index in [1.165, 1.54) is 12.1 Å². The van der Waals surface area contributed by atoms with Gasteiger partial charge in [-0.3, -0.25) is 20.0 Å². The van der Waals surface area contributed by atoms with Gasteiger partial charge in [-0.2, -0.15) is 4.98 Å². The Balaban J connectivity index is 1.47. The van der Waals surface area contributed by atoms with Crippen molar-refractivity contribution in [3.8, 4) is 0 Å². The molecule has 0 spiro atoms. The maximum atomic E-state index is 13.3. The Morgan fingerprint density at radius 3 is 2.97 bits per heavy atom. The average Bonchev–Trinajstić information content (AvgIpc) is 3.06. The predicted molar refractivity (Wildman–Crippen MR) is 107 cm³/mol. The van der Waals surface area contributed by atoms with Crippen LogP contribution in [0, 0.1) is 5.82 Å². The average molecular weight is 394 g/mol. The van der Waals surface area contributed by atoms with Gasteiger partial charge in [-0.1, -0.05) is 12.1 Å². The molecule has 1 aliphatic rings. The van der Waals surface area contributed by atoms with Gasteiger partial charge in [0, 0.05) is 32.0 Å². The second kappa shape index (κ2) is 7.70. The maximum absolute atomic E-state index is 13.3. The van der Waals surface area contributed by atoms with Crippen LogP contribution in [0.3, 0.4) is 0 Å². The molecular formula is C20H19FN6O2. The number of rotatable bonds is 4. The highest BCUT2D eigenvalue weighted by molar-refractivity contribution is 6.06. The molecule has 2 amide bonds. The minimum atomic E-state index is -0.398. The van der Waals surface area contributed by atoms with E-state index in [0.29, 0.717) is 36.5 Å². The van der Waals surface area contributed by atoms with Crippen molar-refractivity contribution in [1.29, 1.82) is 0 Å². The van der Waals surface area contributed by atoms with E-state index in [2.05, 4.69) is 25.8 Å². The number of anilines is 3. The summed E-state index contributed by atoms with van der Waals surface area (Å²) in [5.41, 5.74) is 2.55. The number of H-pyrrole nitrogens is 1. The number of halogens is 1. The number of nitrogens with zero attached hydrogens (tertiary/aromatic N) is 3. The molecular weight excluding hydrogens is 375 g/mol. The third-order valence-electron chi connectivity index (χ3n) is 4.64. The van der Waals surface area contributed by atoms with Gasteiger partial charge in [0.15, 0.2) is 0 Å². The highest BCUT2D eigenvalue weighted by Gasteiger charge is 2.19. The van der Waals surface area contributed by atoms with Crippen LogP contribution < -0.4 is 15.5 Å². The highest BCUT2D eigenvalue weighted by atomic mass is 19.1. The number of hydrogen-bond acceptors (Lipinski definition) is 5. The molecule has 148 valence electrons. The Bertz CT molecular complexity index is 1080. The number of nitrogens with one attached hydrogen (secondary N) is 3. The van der Waals surface area contributed by atoms with Crippen molar-refractivity contribution in [3.63, 3.8) is 0 Å². The molecule has 4 rings (SSSR count). The molecule has 0 aliphatic carbocycles. The monoisotopic (exact) mass is 394 g/mol. The lowest BCUT2D eigenvalue weighted by Gasteiger charge is -2.18. The second-order valence-electron chi connectivity index (χ2n) is 6.82. The van der Waals surface area contributed by atoms with Crippen molar-refractivity contribution in [2.75, 3.05) is 29.1 Å². The van der Waals surface area contributed by atoms with Crippen LogP contribution in [-0.4, -0.2) is 40.6 Å². The van der Waals surface area contributed by atoms with Gasteiger partial charge in [-0.25, -0.2) is 4.39 Å². The number of hydrogen-bond donors (Lipinski definition) is 3. The topological polar surface area (TPSA) is 103 Å². The quantitative estimate of drug-likeness (QED) is 0.631. The van der Waals surface area contributed by atoms with Gasteiger partial charge in [-0.15, -0.1) is 5.10 Å². The minimum absolute atomic E-state index is 0.0934. The summed E-state index contributed by atoms with van der Waals surface area (Å²) in [6.45, 7) is 0.607. The number of benzene rings is 2. The first-order chi connectivity index (χ1) is 14.0. The molecule has 0 atom stereocenters. The zero-order chi connectivity index (χ0) is 20.4. The summed E-state index contributed by atoms with van der Waals surface area (Å²) in [6, 6.07) is 11.3. The van der Waals surface area contributed by atoms with Crippen molar-refractivity contribution >= 4 is 29.1 Å². The largest absolute Gasteiger partial charge is 0.372 e. The predicted octanol–water partition coefficient (Wildman–Crippen LogP) is 2.57. The number of aromatic nitrogens is 3. The zero-order valence-corrected chi connectivity index (χ0v) is 15.7. The van der Waals surface area contributed by atoms with Gasteiger partial charge in [-0.05, 0) is 35.9 Å². The molecule has 0 fully saturated rings. The van der Waals surface area contributed by atoms with Gasteiger partial charge in [0.05, 0.1) is 11.4 Å². The van der Waals surface area contributed by atoms with Crippen LogP contribution in [-0.2, 0) is 11.2 Å². The molecule has 0 bridgehead atoms. The van der Waals surface area contributed by atoms with E-state index in [-0.39, 0.29) is 17.7 Å². The maximum Gasteiger partial charge on any atom is 0.258 e. The Kier molecular flexibility index (Phi) is 4.94. The first-order valence-corrected chi connectivity index (χ1v) is 9.10. The molecule has 0 unspecified atom stereocenters. The molecule has 1 aromatic heterocycles. The highest BCUT2D eigenvalue weighted by Crippen LogP contribution is 2.29. The van der Waals surface area contributed by atoms with Gasteiger partial charge >= 0.3 is 0 Å². The summed E-state index contributed by atoms with van der Waals surface area (Å²) in [5.74, 6) is -0.190. The van der Waals surface area contributed by atoms with Crippen LogP contribution in [0.5, 0.6) is 0 Å². The lowest BCUT2D eigenvalue weighted by Crippen LogP contribution is -2.18. The molecule has 1 aliphatic heterocycles. The molecule has 0 saturated carbocycles. The third-order valence-corrected chi connectivity index (χ3v) is 4.64. The van der Waals surface area contributed by atoms with Crippen LogP contribution in [0.25, 0.3) is 0 Å². The van der Waals surface area contributed by atoms with Crippen LogP contribution in [0.4, 0.5) is 21.7 Å². The fourth-order valence-corrected chi connectivity index (χ4v) is 3.16. The Labute approximate surface area is 166 Å². The lowest BCUT2D eigenvalue weighted by molar-refractivity contribution is -0.115. The molecule has 2 heterocycles. The van der Waals surface area contributed by atoms with Crippen molar-refractivity contribution in [1.82, 2.24) is 15.2 Å². The number of aromatic amines is 1. The molecule has 0 saturated heterocycles. The number of carbonyl (C=O) groups is 2. The van der Waals surface area contributed by atoms with Crippen molar-refractivity contribution in [2.24, 2.45) is 0 Å². The number of carbonyl (C=O) groups excluding carboxylic acids is 2. The summed E-state index contributed by atoms with van der Waals surface area (Å²) in [7, 11) is 1.90. The van der Waals surface area contributed by atoms with Gasteiger partial charge in [0.25, 0.3) is 5.91 Å². The molecule has 9 heteroatoms. The van der Waals surface area contributed by atoms with E-state index < -0.39 is 5.91 Å². The summed E-state index contributed by atoms with van der Waals surface area (Å²) in [6.07, 6.45) is 0.746. The smallest absolute Gasteiger partial charge is 0.258 e. The van der Waals surface area contributed by atoms with Crippen LogP contribution in [0.1, 0.15) is 28.2 Å². The molecule has 3 N–H and O–H groups in total. The van der Waals surface area contributed by atoms with Crippen molar-refractivity contribution < 1.29 is 14.0 Å². The summed E-state index contributed by atoms with van der Waals surface area (Å²) in [5, 5.41) is 12.2. The van der Waals surface area contributed by atoms with Gasteiger partial charge in [0.1, 0.15) is 11.6 Å². The minimum Gasteiger partial charge on any atom is -0.372 e. The fourth-order valence-electron chi connectivity index (χ4n) is 3.16. The standard InChI is InChI=1S/C20H19FN6O2/c1-27-8-7-18(28)22-15-11-13(5-6-16(15)27)19(29)24-20-23-17(25-26-20)10-12-3-2-4-14(21)9-12/h2-6,9,11H,7-8,10H2,1H3,(H,22,28)(H2,23,24,25,26,29). The molecule has 0 radical (unpaired) electrons. The normalized spacial score (nSPS) is 13.4. The Morgan fingerprint density at radius 1 is 1.28 bits per heavy atom. The van der Waals surface area contributed by atoms with E-state index in [0.717, 1.165) is 11.3 Å². The molecule has 8 nitrogen and oxygen atoms in total. The molecule has 3 aromatic rings. The third kappa shape index (κ3) is 4.23. The van der Waals surface area contributed by atoms with Crippen molar-refractivity contribution in [3.05, 3.63) is 65.2 Å². The van der Waals surface area contributed by atoms with Crippen LogP contribution in [0.2, 0.25) is 0 Å². The van der Waals surface area contributed by atoms with Gasteiger partial charge < -0.3 is 10.2 Å². The lowest BCUT2D eigenvalue weighted by atomic mass is 10.1. The summed E-state index contributed by atoms with van der Waals surface area (Å²) >= 11 is 0. The van der Waals surface area contributed by atoms with E-state index >= 15 is 0 Å². The SMILES string of the molecule is CN1CCC(=O)Nc2cc(C(=O)Nc3n[nH]c(Cc4cccc(F)c4)n3)ccc21. The number of amides is 2. The zero-order valence-electron chi connectivity index (χ0n) is 15.7. The van der Waals surface area contributed by atoms with Crippen LogP contribution in [0.15, 0.2) is 42.5 Å². The molecule has 29 heavy (non-hydrogen) atoms. The second-order valence-corrected chi connectivity index (χ2v) is 6.82. The van der Waals surface area contributed by atoms with Crippen molar-refractivity contribution in [2.45, 2.75) is 12.8 Å². The summed E-state index contributed by atoms with van der Waals surface area (Å²) < 4.78 is 13.3. The van der Waals surface area contributed by atoms with E-state index in [1.807, 2.05) is 11.9 Å². The van der Waals surface area contributed by atoms with Crippen LogP contribution >= 0.6 is 0 Å². The fraction of sp³-hybridized carbons (Fsp3) is 0.200.